The van der Waals surface area contributed by atoms with Gasteiger partial charge in [0.1, 0.15) is 17.6 Å². The molecule has 0 aliphatic rings. The van der Waals surface area contributed by atoms with Gasteiger partial charge in [0.25, 0.3) is 0 Å². The first-order chi connectivity index (χ1) is 11.5. The summed E-state index contributed by atoms with van der Waals surface area (Å²) in [6.07, 6.45) is 0.0427. The second-order valence-corrected chi connectivity index (χ2v) is 5.32. The van der Waals surface area contributed by atoms with Crippen LogP contribution in [0, 0.1) is 5.82 Å². The van der Waals surface area contributed by atoms with Gasteiger partial charge in [-0.2, -0.15) is 0 Å². The van der Waals surface area contributed by atoms with Gasteiger partial charge in [-0.05, 0) is 35.4 Å². The van der Waals surface area contributed by atoms with Crippen molar-refractivity contribution >= 4 is 11.9 Å². The Balaban J connectivity index is 2.02. The molecule has 0 spiro atoms. The van der Waals surface area contributed by atoms with Crippen LogP contribution in [-0.2, 0) is 22.4 Å². The molecule has 0 aliphatic carbocycles. The number of aliphatic carboxylic acids is 1. The Labute approximate surface area is 139 Å². The van der Waals surface area contributed by atoms with E-state index >= 15 is 0 Å². The minimum Gasteiger partial charge on any atom is -0.497 e. The highest BCUT2D eigenvalue weighted by Crippen LogP contribution is 2.14. The summed E-state index contributed by atoms with van der Waals surface area (Å²) in [5.74, 6) is -1.43. The Morgan fingerprint density at radius 3 is 2.54 bits per heavy atom. The molecular weight excluding hydrogens is 313 g/mol. The Hall–Kier alpha value is -2.89. The molecule has 126 valence electrons. The Morgan fingerprint density at radius 2 is 1.88 bits per heavy atom. The molecule has 6 heteroatoms. The molecule has 0 aromatic heterocycles. The number of halogens is 1. The molecule has 0 unspecified atom stereocenters. The van der Waals surface area contributed by atoms with E-state index in [1.54, 1.807) is 30.3 Å². The fraction of sp³-hybridized carbons (Fsp3) is 0.222. The summed E-state index contributed by atoms with van der Waals surface area (Å²) in [6.45, 7) is 0. The minimum atomic E-state index is -1.13. The van der Waals surface area contributed by atoms with Crippen LogP contribution in [0.5, 0.6) is 5.75 Å². The fourth-order valence-electron chi connectivity index (χ4n) is 2.31. The van der Waals surface area contributed by atoms with Crippen molar-refractivity contribution in [3.8, 4) is 5.75 Å². The number of nitrogens with one attached hydrogen (secondary N) is 1. The molecule has 2 rings (SSSR count). The van der Waals surface area contributed by atoms with Gasteiger partial charge >= 0.3 is 5.97 Å². The van der Waals surface area contributed by atoms with Gasteiger partial charge in [0.15, 0.2) is 0 Å². The van der Waals surface area contributed by atoms with Crippen molar-refractivity contribution < 1.29 is 23.8 Å². The Kier molecular flexibility index (Phi) is 5.89. The lowest BCUT2D eigenvalue weighted by molar-refractivity contribution is -0.141. The molecule has 0 bridgehead atoms. The highest BCUT2D eigenvalue weighted by molar-refractivity contribution is 5.85. The molecule has 2 N–H and O–H groups in total. The lowest BCUT2D eigenvalue weighted by Crippen LogP contribution is -2.43. The fourth-order valence-corrected chi connectivity index (χ4v) is 2.31. The zero-order chi connectivity index (χ0) is 17.5. The molecule has 0 saturated heterocycles. The van der Waals surface area contributed by atoms with Crippen LogP contribution in [0.2, 0.25) is 0 Å². The van der Waals surface area contributed by atoms with Crippen LogP contribution in [0.1, 0.15) is 11.1 Å². The van der Waals surface area contributed by atoms with E-state index in [4.69, 9.17) is 4.74 Å². The van der Waals surface area contributed by atoms with Crippen LogP contribution in [0.4, 0.5) is 4.39 Å². The number of benzene rings is 2. The van der Waals surface area contributed by atoms with Gasteiger partial charge in [-0.3, -0.25) is 4.79 Å². The summed E-state index contributed by atoms with van der Waals surface area (Å²) < 4.78 is 18.2. The summed E-state index contributed by atoms with van der Waals surface area (Å²) in [4.78, 5) is 23.4. The third-order valence-corrected chi connectivity index (χ3v) is 3.46. The molecule has 5 nitrogen and oxygen atoms in total. The predicted molar refractivity (Wildman–Crippen MR) is 86.4 cm³/mol. The van der Waals surface area contributed by atoms with E-state index in [0.717, 1.165) is 5.56 Å². The van der Waals surface area contributed by atoms with Gasteiger partial charge in [-0.15, -0.1) is 0 Å². The number of carbonyl (C=O) groups excluding carboxylic acids is 1. The number of methoxy groups -OCH3 is 1. The number of carboxylic acid groups (broad SMARTS) is 1. The summed E-state index contributed by atoms with van der Waals surface area (Å²) >= 11 is 0. The van der Waals surface area contributed by atoms with Crippen LogP contribution < -0.4 is 10.1 Å². The van der Waals surface area contributed by atoms with Gasteiger partial charge in [0.05, 0.1) is 13.5 Å². The van der Waals surface area contributed by atoms with Gasteiger partial charge in [0, 0.05) is 6.42 Å². The summed E-state index contributed by atoms with van der Waals surface area (Å²) in [5.41, 5.74) is 1.21. The van der Waals surface area contributed by atoms with E-state index in [2.05, 4.69) is 5.32 Å². The monoisotopic (exact) mass is 331 g/mol. The van der Waals surface area contributed by atoms with Crippen LogP contribution >= 0.6 is 0 Å². The predicted octanol–water partition coefficient (Wildman–Crippen LogP) is 2.19. The normalized spacial score (nSPS) is 11.6. The molecule has 1 atom stereocenters. The third kappa shape index (κ3) is 5.08. The number of hydrogen-bond donors (Lipinski definition) is 2. The molecule has 0 fully saturated rings. The highest BCUT2D eigenvalue weighted by Gasteiger charge is 2.20. The van der Waals surface area contributed by atoms with Crippen molar-refractivity contribution in [2.45, 2.75) is 18.9 Å². The zero-order valence-electron chi connectivity index (χ0n) is 13.2. The lowest BCUT2D eigenvalue weighted by Gasteiger charge is -2.15. The molecular formula is C18H18FNO4. The summed E-state index contributed by atoms with van der Waals surface area (Å²) in [7, 11) is 1.52. The van der Waals surface area contributed by atoms with Crippen molar-refractivity contribution in [1.82, 2.24) is 5.32 Å². The molecule has 2 aromatic carbocycles. The van der Waals surface area contributed by atoms with E-state index in [-0.39, 0.29) is 12.8 Å². The standard InChI is InChI=1S/C18H18FNO4/c1-24-15-7-3-5-13(9-15)10-16(18(22)23)20-17(21)11-12-4-2-6-14(19)8-12/h2-9,16H,10-11H2,1H3,(H,20,21)(H,22,23)/t16-/m1/s1. The third-order valence-electron chi connectivity index (χ3n) is 3.46. The van der Waals surface area contributed by atoms with Gasteiger partial charge in [0.2, 0.25) is 5.91 Å². The molecule has 2 aromatic rings. The first kappa shape index (κ1) is 17.5. The first-order valence-electron chi connectivity index (χ1n) is 7.37. The second kappa shape index (κ2) is 8.10. The number of rotatable bonds is 7. The topological polar surface area (TPSA) is 75.6 Å². The highest BCUT2D eigenvalue weighted by atomic mass is 19.1. The number of amides is 1. The molecule has 0 heterocycles. The van der Waals surface area contributed by atoms with E-state index in [9.17, 15) is 19.1 Å². The maximum atomic E-state index is 13.1. The van der Waals surface area contributed by atoms with Crippen molar-refractivity contribution in [2.24, 2.45) is 0 Å². The number of carboxylic acids is 1. The van der Waals surface area contributed by atoms with Crippen LogP contribution in [0.25, 0.3) is 0 Å². The van der Waals surface area contributed by atoms with Crippen LogP contribution in [-0.4, -0.2) is 30.1 Å². The number of ether oxygens (including phenoxy) is 1. The average molecular weight is 331 g/mol. The van der Waals surface area contributed by atoms with Crippen LogP contribution in [0.3, 0.4) is 0 Å². The molecule has 0 radical (unpaired) electrons. The van der Waals surface area contributed by atoms with Crippen molar-refractivity contribution in [2.75, 3.05) is 7.11 Å². The first-order valence-corrected chi connectivity index (χ1v) is 7.37. The summed E-state index contributed by atoms with van der Waals surface area (Å²) in [5, 5.41) is 11.8. The van der Waals surface area contributed by atoms with E-state index in [1.807, 2.05) is 0 Å². The zero-order valence-corrected chi connectivity index (χ0v) is 13.2. The minimum absolute atomic E-state index is 0.0837. The van der Waals surface area contributed by atoms with Crippen molar-refractivity contribution in [3.63, 3.8) is 0 Å². The van der Waals surface area contributed by atoms with Crippen LogP contribution in [0.15, 0.2) is 48.5 Å². The van der Waals surface area contributed by atoms with Crippen molar-refractivity contribution in [1.29, 1.82) is 0 Å². The lowest BCUT2D eigenvalue weighted by atomic mass is 10.0. The number of hydrogen-bond acceptors (Lipinski definition) is 3. The molecule has 0 aliphatic heterocycles. The Morgan fingerprint density at radius 1 is 1.17 bits per heavy atom. The SMILES string of the molecule is COc1cccc(C[C@@H](NC(=O)Cc2cccc(F)c2)C(=O)O)c1. The maximum Gasteiger partial charge on any atom is 0.326 e. The van der Waals surface area contributed by atoms with Gasteiger partial charge < -0.3 is 15.2 Å². The van der Waals surface area contributed by atoms with E-state index in [1.165, 1.54) is 25.3 Å². The van der Waals surface area contributed by atoms with E-state index < -0.39 is 23.7 Å². The summed E-state index contributed by atoms with van der Waals surface area (Å²) in [6, 6.07) is 11.6. The quantitative estimate of drug-likeness (QED) is 0.815. The molecule has 0 saturated carbocycles. The van der Waals surface area contributed by atoms with Gasteiger partial charge in [-0.1, -0.05) is 24.3 Å². The van der Waals surface area contributed by atoms with E-state index in [0.29, 0.717) is 11.3 Å². The molecule has 1 amide bonds. The molecule has 24 heavy (non-hydrogen) atoms. The van der Waals surface area contributed by atoms with Gasteiger partial charge in [-0.25, -0.2) is 9.18 Å². The largest absolute Gasteiger partial charge is 0.497 e. The second-order valence-electron chi connectivity index (χ2n) is 5.32. The Bertz CT molecular complexity index is 732. The van der Waals surface area contributed by atoms with Crippen molar-refractivity contribution in [3.05, 3.63) is 65.5 Å². The average Bonchev–Trinajstić information content (AvgIpc) is 2.54. The smallest absolute Gasteiger partial charge is 0.326 e. The maximum absolute atomic E-state index is 13.1. The number of carbonyl (C=O) groups is 2.